The van der Waals surface area contributed by atoms with Crippen molar-refractivity contribution in [2.24, 2.45) is 0 Å². The molecule has 0 aliphatic rings. The molecule has 0 saturated carbocycles. The minimum atomic E-state index is -1.20. The predicted octanol–water partition coefficient (Wildman–Crippen LogP) is 1.46. The highest BCUT2D eigenvalue weighted by atomic mass is 16.4. The van der Waals surface area contributed by atoms with Gasteiger partial charge in [0.1, 0.15) is 6.04 Å². The number of nitrogens with zero attached hydrogens (tertiary/aromatic N) is 1. The molecule has 0 bridgehead atoms. The zero-order valence-electron chi connectivity index (χ0n) is 12.7. The van der Waals surface area contributed by atoms with Crippen molar-refractivity contribution in [1.29, 1.82) is 0 Å². The van der Waals surface area contributed by atoms with Gasteiger partial charge in [0.15, 0.2) is 0 Å². The van der Waals surface area contributed by atoms with Crippen LogP contribution in [0, 0.1) is 0 Å². The Balaban J connectivity index is 2.27. The molecule has 1 aromatic carbocycles. The van der Waals surface area contributed by atoms with Gasteiger partial charge in [0.25, 0.3) is 0 Å². The van der Waals surface area contributed by atoms with E-state index < -0.39 is 12.1 Å². The van der Waals surface area contributed by atoms with Gasteiger partial charge in [-0.05, 0) is 37.5 Å². The number of rotatable bonds is 7. The minimum Gasteiger partial charge on any atom is -0.465 e. The molecule has 6 heteroatoms. The molecule has 0 heterocycles. The zero-order valence-corrected chi connectivity index (χ0v) is 12.7. The first-order valence-corrected chi connectivity index (χ1v) is 6.93. The number of nitrogens with one attached hydrogen (secondary N) is 2. The summed E-state index contributed by atoms with van der Waals surface area (Å²) in [7, 11) is 3.99. The molecule has 1 atom stereocenters. The standard InChI is InChI=1S/C15H23N3O3/c1-11(17-15(20)21)14(19)16-10-4-5-12-6-8-13(9-7-12)18(2)3/h6-9,11,17H,4-5,10H2,1-3H3,(H,16,19)(H,20,21). The van der Waals surface area contributed by atoms with Crippen molar-refractivity contribution in [3.63, 3.8) is 0 Å². The number of benzene rings is 1. The number of carbonyl (C=O) groups excluding carboxylic acids is 1. The summed E-state index contributed by atoms with van der Waals surface area (Å²) >= 11 is 0. The van der Waals surface area contributed by atoms with E-state index in [2.05, 4.69) is 34.9 Å². The number of carboxylic acid groups (broad SMARTS) is 1. The van der Waals surface area contributed by atoms with Gasteiger partial charge in [-0.2, -0.15) is 0 Å². The van der Waals surface area contributed by atoms with Crippen LogP contribution in [-0.4, -0.2) is 43.8 Å². The van der Waals surface area contributed by atoms with E-state index in [4.69, 9.17) is 5.11 Å². The Labute approximate surface area is 125 Å². The van der Waals surface area contributed by atoms with Crippen molar-refractivity contribution in [2.45, 2.75) is 25.8 Å². The van der Waals surface area contributed by atoms with E-state index in [-0.39, 0.29) is 5.91 Å². The highest BCUT2D eigenvalue weighted by Gasteiger charge is 2.13. The van der Waals surface area contributed by atoms with Gasteiger partial charge in [-0.15, -0.1) is 0 Å². The van der Waals surface area contributed by atoms with Crippen molar-refractivity contribution >= 4 is 17.7 Å². The van der Waals surface area contributed by atoms with E-state index in [1.807, 2.05) is 19.0 Å². The average Bonchev–Trinajstić information content (AvgIpc) is 2.43. The molecule has 0 aromatic heterocycles. The van der Waals surface area contributed by atoms with Crippen molar-refractivity contribution in [3.8, 4) is 0 Å². The van der Waals surface area contributed by atoms with Crippen LogP contribution >= 0.6 is 0 Å². The lowest BCUT2D eigenvalue weighted by Gasteiger charge is -2.13. The second kappa shape index (κ2) is 8.14. The van der Waals surface area contributed by atoms with Crippen LogP contribution < -0.4 is 15.5 Å². The molecule has 0 radical (unpaired) electrons. The first-order valence-electron chi connectivity index (χ1n) is 6.93. The molecule has 6 nitrogen and oxygen atoms in total. The number of carbonyl (C=O) groups is 2. The lowest BCUT2D eigenvalue weighted by molar-refractivity contribution is -0.122. The zero-order chi connectivity index (χ0) is 15.8. The van der Waals surface area contributed by atoms with E-state index in [0.29, 0.717) is 6.54 Å². The third kappa shape index (κ3) is 6.16. The summed E-state index contributed by atoms with van der Waals surface area (Å²) in [5, 5.41) is 13.4. The lowest BCUT2D eigenvalue weighted by Crippen LogP contribution is -2.44. The molecule has 116 valence electrons. The van der Waals surface area contributed by atoms with Gasteiger partial charge < -0.3 is 20.6 Å². The lowest BCUT2D eigenvalue weighted by atomic mass is 10.1. The Kier molecular flexibility index (Phi) is 6.52. The van der Waals surface area contributed by atoms with Crippen molar-refractivity contribution < 1.29 is 14.7 Å². The summed E-state index contributed by atoms with van der Waals surface area (Å²) in [4.78, 5) is 24.0. The normalized spacial score (nSPS) is 11.6. The van der Waals surface area contributed by atoms with Crippen molar-refractivity contribution in [1.82, 2.24) is 10.6 Å². The smallest absolute Gasteiger partial charge is 0.405 e. The molecule has 1 rings (SSSR count). The van der Waals surface area contributed by atoms with Crippen molar-refractivity contribution in [3.05, 3.63) is 29.8 Å². The predicted molar refractivity (Wildman–Crippen MR) is 82.7 cm³/mol. The number of amides is 2. The fourth-order valence-corrected chi connectivity index (χ4v) is 1.87. The molecular formula is C15H23N3O3. The first-order chi connectivity index (χ1) is 9.90. The second-order valence-corrected chi connectivity index (χ2v) is 5.13. The van der Waals surface area contributed by atoms with Gasteiger partial charge in [-0.3, -0.25) is 4.79 Å². The molecule has 1 unspecified atom stereocenters. The maximum absolute atomic E-state index is 11.6. The highest BCUT2D eigenvalue weighted by molar-refractivity contribution is 5.84. The summed E-state index contributed by atoms with van der Waals surface area (Å²) in [6.45, 7) is 2.04. The van der Waals surface area contributed by atoms with Crippen LogP contribution in [0.1, 0.15) is 18.9 Å². The Morgan fingerprint density at radius 3 is 2.38 bits per heavy atom. The van der Waals surface area contributed by atoms with E-state index in [1.165, 1.54) is 12.5 Å². The Morgan fingerprint density at radius 2 is 1.86 bits per heavy atom. The Hall–Kier alpha value is -2.24. The topological polar surface area (TPSA) is 81.7 Å². The van der Waals surface area contributed by atoms with E-state index >= 15 is 0 Å². The third-order valence-electron chi connectivity index (χ3n) is 3.13. The number of aryl methyl sites for hydroxylation is 1. The molecule has 3 N–H and O–H groups in total. The molecule has 0 saturated heterocycles. The van der Waals surface area contributed by atoms with E-state index in [1.54, 1.807) is 0 Å². The van der Waals surface area contributed by atoms with Gasteiger partial charge in [0.2, 0.25) is 5.91 Å². The molecule has 0 aliphatic heterocycles. The molecule has 0 spiro atoms. The maximum Gasteiger partial charge on any atom is 0.405 e. The monoisotopic (exact) mass is 293 g/mol. The number of hydrogen-bond donors (Lipinski definition) is 3. The van der Waals surface area contributed by atoms with Gasteiger partial charge >= 0.3 is 6.09 Å². The van der Waals surface area contributed by atoms with E-state index in [9.17, 15) is 9.59 Å². The van der Waals surface area contributed by atoms with E-state index in [0.717, 1.165) is 18.5 Å². The van der Waals surface area contributed by atoms with Crippen molar-refractivity contribution in [2.75, 3.05) is 25.5 Å². The Bertz CT molecular complexity index is 472. The molecule has 1 aromatic rings. The van der Waals surface area contributed by atoms with Gasteiger partial charge in [-0.25, -0.2) is 4.79 Å². The van der Waals surface area contributed by atoms with Crippen LogP contribution in [0.15, 0.2) is 24.3 Å². The van der Waals surface area contributed by atoms with Crippen LogP contribution in [0.3, 0.4) is 0 Å². The third-order valence-corrected chi connectivity index (χ3v) is 3.13. The molecular weight excluding hydrogens is 270 g/mol. The minimum absolute atomic E-state index is 0.305. The number of hydrogen-bond acceptors (Lipinski definition) is 3. The fourth-order valence-electron chi connectivity index (χ4n) is 1.87. The molecule has 21 heavy (non-hydrogen) atoms. The Morgan fingerprint density at radius 1 is 1.24 bits per heavy atom. The number of anilines is 1. The van der Waals surface area contributed by atoms with Crippen LogP contribution in [0.25, 0.3) is 0 Å². The first kappa shape index (κ1) is 16.8. The maximum atomic E-state index is 11.6. The summed E-state index contributed by atoms with van der Waals surface area (Å²) in [6.07, 6.45) is 0.486. The molecule has 0 aliphatic carbocycles. The molecule has 0 fully saturated rings. The summed E-state index contributed by atoms with van der Waals surface area (Å²) in [5.74, 6) is -0.305. The average molecular weight is 293 g/mol. The summed E-state index contributed by atoms with van der Waals surface area (Å²) in [6, 6.07) is 7.54. The van der Waals surface area contributed by atoms with Crippen LogP contribution in [0.4, 0.5) is 10.5 Å². The SMILES string of the molecule is CC(NC(=O)O)C(=O)NCCCc1ccc(N(C)C)cc1. The van der Waals surface area contributed by atoms with Gasteiger partial charge in [-0.1, -0.05) is 12.1 Å². The van der Waals surface area contributed by atoms with Gasteiger partial charge in [0.05, 0.1) is 0 Å². The largest absolute Gasteiger partial charge is 0.465 e. The summed E-state index contributed by atoms with van der Waals surface area (Å²) in [5.41, 5.74) is 2.37. The second-order valence-electron chi connectivity index (χ2n) is 5.13. The highest BCUT2D eigenvalue weighted by Crippen LogP contribution is 2.13. The van der Waals surface area contributed by atoms with Crippen LogP contribution in [0.2, 0.25) is 0 Å². The summed E-state index contributed by atoms with van der Waals surface area (Å²) < 4.78 is 0. The quantitative estimate of drug-likeness (QED) is 0.665. The molecule has 2 amide bonds. The fraction of sp³-hybridized carbons (Fsp3) is 0.467. The van der Waals surface area contributed by atoms with Crippen LogP contribution in [-0.2, 0) is 11.2 Å². The van der Waals surface area contributed by atoms with Gasteiger partial charge in [0, 0.05) is 26.3 Å². The van der Waals surface area contributed by atoms with Crippen LogP contribution in [0.5, 0.6) is 0 Å².